The third kappa shape index (κ3) is 3.99. The molecule has 1 aliphatic heterocycles. The highest BCUT2D eigenvalue weighted by Gasteiger charge is 2.28. The minimum atomic E-state index is -0.497. The Hall–Kier alpha value is -2.40. The molecule has 0 aliphatic carbocycles. The lowest BCUT2D eigenvalue weighted by atomic mass is 9.98. The average Bonchev–Trinajstić information content (AvgIpc) is 2.65. The summed E-state index contributed by atoms with van der Waals surface area (Å²) in [5.41, 5.74) is 0.902. The van der Waals surface area contributed by atoms with Crippen LogP contribution in [-0.4, -0.2) is 43.0 Å². The number of methoxy groups -OCH3 is 1. The van der Waals surface area contributed by atoms with Gasteiger partial charge in [-0.3, -0.25) is 10.1 Å². The van der Waals surface area contributed by atoms with Gasteiger partial charge in [0.15, 0.2) is 0 Å². The molecule has 0 saturated carbocycles. The Morgan fingerprint density at radius 2 is 1.80 bits per heavy atom. The fraction of sp³-hybridized carbons (Fsp3) is 0.400. The second-order valence-corrected chi connectivity index (χ2v) is 6.51. The molecular formula is C20H24N2O3. The van der Waals surface area contributed by atoms with Gasteiger partial charge >= 0.3 is 5.97 Å². The van der Waals surface area contributed by atoms with Crippen molar-refractivity contribution < 1.29 is 14.3 Å². The van der Waals surface area contributed by atoms with Crippen molar-refractivity contribution >= 4 is 22.6 Å². The summed E-state index contributed by atoms with van der Waals surface area (Å²) in [6.45, 7) is 3.04. The predicted molar refractivity (Wildman–Crippen MR) is 97.1 cm³/mol. The molecule has 5 nitrogen and oxygen atoms in total. The maximum absolute atomic E-state index is 12.3. The van der Waals surface area contributed by atoms with Crippen LogP contribution in [0.4, 0.5) is 0 Å². The van der Waals surface area contributed by atoms with E-state index >= 15 is 0 Å². The van der Waals surface area contributed by atoms with E-state index in [1.54, 1.807) is 6.92 Å². The molecular weight excluding hydrogens is 316 g/mol. The van der Waals surface area contributed by atoms with Crippen LogP contribution in [0.2, 0.25) is 0 Å². The van der Waals surface area contributed by atoms with Crippen LogP contribution in [0.1, 0.15) is 31.4 Å². The number of carbonyl (C=O) groups excluding carboxylic acids is 2. The molecule has 1 amide bonds. The number of benzene rings is 2. The van der Waals surface area contributed by atoms with E-state index in [9.17, 15) is 9.59 Å². The predicted octanol–water partition coefficient (Wildman–Crippen LogP) is 2.65. The third-order valence-corrected chi connectivity index (χ3v) is 4.89. The Bertz CT molecular complexity index is 766. The van der Waals surface area contributed by atoms with Crippen molar-refractivity contribution in [3.05, 3.63) is 48.0 Å². The smallest absolute Gasteiger partial charge is 0.327 e. The van der Waals surface area contributed by atoms with Crippen molar-refractivity contribution in [2.75, 3.05) is 20.2 Å². The summed E-state index contributed by atoms with van der Waals surface area (Å²) >= 11 is 0. The number of ether oxygens (including phenoxy) is 1. The Morgan fingerprint density at radius 3 is 2.44 bits per heavy atom. The van der Waals surface area contributed by atoms with Crippen LogP contribution < -0.4 is 5.32 Å². The van der Waals surface area contributed by atoms with Gasteiger partial charge in [0.1, 0.15) is 6.04 Å². The zero-order valence-electron chi connectivity index (χ0n) is 14.7. The fourth-order valence-electron chi connectivity index (χ4n) is 3.40. The number of rotatable bonds is 4. The van der Waals surface area contributed by atoms with E-state index in [0.29, 0.717) is 0 Å². The van der Waals surface area contributed by atoms with Crippen LogP contribution in [0.15, 0.2) is 42.5 Å². The molecule has 0 unspecified atom stereocenters. The topological polar surface area (TPSA) is 58.6 Å². The lowest BCUT2D eigenvalue weighted by Crippen LogP contribution is -2.46. The number of hydrogen-bond donors (Lipinski definition) is 1. The van der Waals surface area contributed by atoms with Crippen LogP contribution in [0.3, 0.4) is 0 Å². The first-order chi connectivity index (χ1) is 12.1. The van der Waals surface area contributed by atoms with Crippen molar-refractivity contribution in [2.45, 2.75) is 31.8 Å². The highest BCUT2D eigenvalue weighted by molar-refractivity contribution is 5.85. The fourth-order valence-corrected chi connectivity index (χ4v) is 3.40. The number of amides is 1. The monoisotopic (exact) mass is 340 g/mol. The van der Waals surface area contributed by atoms with Crippen LogP contribution in [0.5, 0.6) is 0 Å². The molecule has 0 aromatic heterocycles. The van der Waals surface area contributed by atoms with Gasteiger partial charge in [0, 0.05) is 26.1 Å². The van der Waals surface area contributed by atoms with E-state index in [4.69, 9.17) is 4.74 Å². The van der Waals surface area contributed by atoms with E-state index in [1.165, 1.54) is 7.11 Å². The second-order valence-electron chi connectivity index (χ2n) is 6.51. The molecule has 1 fully saturated rings. The molecule has 1 heterocycles. The molecule has 0 bridgehead atoms. The number of likely N-dealkylation sites (tertiary alicyclic amines) is 1. The summed E-state index contributed by atoms with van der Waals surface area (Å²) in [6.07, 6.45) is 1.67. The SMILES string of the molecule is COC(=O)[C@H](NC1CCN(C(C)=O)CC1)c1ccc2ccccc2c1. The van der Waals surface area contributed by atoms with Crippen molar-refractivity contribution in [2.24, 2.45) is 0 Å². The van der Waals surface area contributed by atoms with Crippen LogP contribution in [0, 0.1) is 0 Å². The van der Waals surface area contributed by atoms with Gasteiger partial charge in [-0.25, -0.2) is 4.79 Å². The first kappa shape index (κ1) is 17.4. The summed E-state index contributed by atoms with van der Waals surface area (Å²) in [5.74, 6) is -0.179. The summed E-state index contributed by atoms with van der Waals surface area (Å²) in [5, 5.41) is 5.68. The Labute approximate surface area is 148 Å². The zero-order chi connectivity index (χ0) is 17.8. The van der Waals surface area contributed by atoms with Crippen molar-refractivity contribution in [3.8, 4) is 0 Å². The van der Waals surface area contributed by atoms with E-state index < -0.39 is 6.04 Å². The minimum Gasteiger partial charge on any atom is -0.468 e. The molecule has 0 spiro atoms. The summed E-state index contributed by atoms with van der Waals surface area (Å²) in [6, 6.07) is 13.8. The van der Waals surface area contributed by atoms with Crippen LogP contribution in [-0.2, 0) is 14.3 Å². The standard InChI is InChI=1S/C20H24N2O3/c1-14(23)22-11-9-18(10-12-22)21-19(20(24)25-2)17-8-7-15-5-3-4-6-16(15)13-17/h3-8,13,18-19,21H,9-12H2,1-2H3/t19-/m1/s1. The second kappa shape index (κ2) is 7.66. The molecule has 3 rings (SSSR count). The first-order valence-corrected chi connectivity index (χ1v) is 8.66. The van der Waals surface area contributed by atoms with Crippen LogP contribution in [0.25, 0.3) is 10.8 Å². The van der Waals surface area contributed by atoms with Crippen LogP contribution >= 0.6 is 0 Å². The molecule has 2 aromatic carbocycles. The number of piperidine rings is 1. The lowest BCUT2D eigenvalue weighted by molar-refractivity contribution is -0.144. The van der Waals surface area contributed by atoms with Gasteiger partial charge in [-0.15, -0.1) is 0 Å². The summed E-state index contributed by atoms with van der Waals surface area (Å²) in [4.78, 5) is 25.7. The number of fused-ring (bicyclic) bond motifs is 1. The number of carbonyl (C=O) groups is 2. The Balaban J connectivity index is 1.77. The van der Waals surface area contributed by atoms with Crippen molar-refractivity contribution in [1.29, 1.82) is 0 Å². The van der Waals surface area contributed by atoms with Gasteiger partial charge in [-0.05, 0) is 35.2 Å². The van der Waals surface area contributed by atoms with E-state index in [0.717, 1.165) is 42.3 Å². The largest absolute Gasteiger partial charge is 0.468 e. The number of esters is 1. The summed E-state index contributed by atoms with van der Waals surface area (Å²) in [7, 11) is 1.41. The van der Waals surface area contributed by atoms with Gasteiger partial charge in [-0.1, -0.05) is 36.4 Å². The molecule has 2 aromatic rings. The van der Waals surface area contributed by atoms with Gasteiger partial charge in [0.05, 0.1) is 7.11 Å². The third-order valence-electron chi connectivity index (χ3n) is 4.89. The van der Waals surface area contributed by atoms with Gasteiger partial charge in [-0.2, -0.15) is 0 Å². The number of hydrogen-bond acceptors (Lipinski definition) is 4. The molecule has 5 heteroatoms. The minimum absolute atomic E-state index is 0.109. The average molecular weight is 340 g/mol. The van der Waals surface area contributed by atoms with Crippen molar-refractivity contribution in [1.82, 2.24) is 10.2 Å². The molecule has 1 N–H and O–H groups in total. The molecule has 1 aliphatic rings. The molecule has 132 valence electrons. The van der Waals surface area contributed by atoms with Gasteiger partial charge in [0.2, 0.25) is 5.91 Å². The Morgan fingerprint density at radius 1 is 1.12 bits per heavy atom. The van der Waals surface area contributed by atoms with E-state index in [-0.39, 0.29) is 17.9 Å². The maximum Gasteiger partial charge on any atom is 0.327 e. The summed E-state index contributed by atoms with van der Waals surface area (Å²) < 4.78 is 5.01. The number of nitrogens with zero attached hydrogens (tertiary/aromatic N) is 1. The van der Waals surface area contributed by atoms with Gasteiger partial charge in [0.25, 0.3) is 0 Å². The number of nitrogens with one attached hydrogen (secondary N) is 1. The normalized spacial score (nSPS) is 16.6. The highest BCUT2D eigenvalue weighted by atomic mass is 16.5. The molecule has 25 heavy (non-hydrogen) atoms. The van der Waals surface area contributed by atoms with E-state index in [2.05, 4.69) is 11.4 Å². The first-order valence-electron chi connectivity index (χ1n) is 8.66. The highest BCUT2D eigenvalue weighted by Crippen LogP contribution is 2.23. The molecule has 1 atom stereocenters. The quantitative estimate of drug-likeness (QED) is 0.870. The molecule has 0 radical (unpaired) electrons. The maximum atomic E-state index is 12.3. The lowest BCUT2D eigenvalue weighted by Gasteiger charge is -2.33. The van der Waals surface area contributed by atoms with Crippen molar-refractivity contribution in [3.63, 3.8) is 0 Å². The molecule has 1 saturated heterocycles. The Kier molecular flexibility index (Phi) is 5.34. The van der Waals surface area contributed by atoms with Gasteiger partial charge < -0.3 is 9.64 Å². The zero-order valence-corrected chi connectivity index (χ0v) is 14.7. The van der Waals surface area contributed by atoms with E-state index in [1.807, 2.05) is 41.3 Å².